The van der Waals surface area contributed by atoms with Crippen LogP contribution in [0.1, 0.15) is 40.0 Å². The molecule has 2 aromatic rings. The van der Waals surface area contributed by atoms with Gasteiger partial charge in [0.15, 0.2) is 0 Å². The van der Waals surface area contributed by atoms with Crippen LogP contribution in [0.15, 0.2) is 37.1 Å². The number of anilines is 1. The molecule has 0 aliphatic heterocycles. The van der Waals surface area contributed by atoms with E-state index in [1.807, 2.05) is 0 Å². The molecule has 0 unspecified atom stereocenters. The summed E-state index contributed by atoms with van der Waals surface area (Å²) in [6.45, 7) is 8.06. The first kappa shape index (κ1) is 19.7. The van der Waals surface area contributed by atoms with E-state index in [0.29, 0.717) is 29.5 Å². The van der Waals surface area contributed by atoms with Crippen LogP contribution in [0.2, 0.25) is 0 Å². The van der Waals surface area contributed by atoms with Crippen molar-refractivity contribution in [3.05, 3.63) is 52.5 Å². The number of rotatable bonds is 7. The molecule has 6 nitrogen and oxygen atoms in total. The molecule has 1 aromatic heterocycles. The van der Waals surface area contributed by atoms with Crippen LogP contribution in [0.3, 0.4) is 0 Å². The van der Waals surface area contributed by atoms with Gasteiger partial charge in [0.2, 0.25) is 0 Å². The third-order valence-electron chi connectivity index (χ3n) is 3.78. The molecular weight excluding hydrogens is 350 g/mol. The molecule has 1 aromatic carbocycles. The Kier molecular flexibility index (Phi) is 6.52. The Labute approximate surface area is 157 Å². The van der Waals surface area contributed by atoms with Gasteiger partial charge in [-0.25, -0.2) is 4.98 Å². The lowest BCUT2D eigenvalue weighted by molar-refractivity contribution is -0.114. The summed E-state index contributed by atoms with van der Waals surface area (Å²) in [4.78, 5) is 31.4. The molecule has 0 spiro atoms. The second-order valence-corrected chi connectivity index (χ2v) is 7.06. The van der Waals surface area contributed by atoms with E-state index in [-0.39, 0.29) is 11.8 Å². The Morgan fingerprint density at radius 2 is 2.15 bits per heavy atom. The molecule has 0 aliphatic rings. The zero-order valence-corrected chi connectivity index (χ0v) is 16.2. The second-order valence-electron chi connectivity index (χ2n) is 5.91. The maximum Gasteiger partial charge on any atom is 0.251 e. The van der Waals surface area contributed by atoms with Gasteiger partial charge in [-0.1, -0.05) is 20.4 Å². The molecular formula is C19H23N3O3S. The largest absolute Gasteiger partial charge is 0.495 e. The van der Waals surface area contributed by atoms with Crippen molar-refractivity contribution in [3.8, 4) is 5.75 Å². The quantitative estimate of drug-likeness (QED) is 0.756. The smallest absolute Gasteiger partial charge is 0.251 e. The van der Waals surface area contributed by atoms with Gasteiger partial charge in [-0.2, -0.15) is 0 Å². The number of nitrogens with zero attached hydrogens (tertiary/aromatic N) is 2. The summed E-state index contributed by atoms with van der Waals surface area (Å²) in [5, 5.41) is 3.59. The van der Waals surface area contributed by atoms with Gasteiger partial charge < -0.3 is 15.0 Å². The summed E-state index contributed by atoms with van der Waals surface area (Å²) in [6.07, 6.45) is 3.02. The molecule has 1 heterocycles. The van der Waals surface area contributed by atoms with E-state index in [0.717, 1.165) is 9.88 Å². The third kappa shape index (κ3) is 4.29. The molecule has 0 aliphatic carbocycles. The number of ether oxygens (including phenoxy) is 1. The predicted octanol–water partition coefficient (Wildman–Crippen LogP) is 3.35. The highest BCUT2D eigenvalue weighted by atomic mass is 32.1. The molecule has 2 rings (SSSR count). The van der Waals surface area contributed by atoms with Gasteiger partial charge in [-0.3, -0.25) is 9.59 Å². The fraction of sp³-hybridized carbons (Fsp3) is 0.316. The van der Waals surface area contributed by atoms with Gasteiger partial charge in [-0.05, 0) is 24.3 Å². The van der Waals surface area contributed by atoms with Crippen LogP contribution < -0.4 is 15.0 Å². The van der Waals surface area contributed by atoms with Crippen molar-refractivity contribution in [1.82, 2.24) is 10.3 Å². The lowest BCUT2D eigenvalue weighted by Crippen LogP contribution is -2.29. The number of amides is 2. The van der Waals surface area contributed by atoms with Crippen LogP contribution >= 0.6 is 11.3 Å². The van der Waals surface area contributed by atoms with E-state index in [2.05, 4.69) is 30.7 Å². The summed E-state index contributed by atoms with van der Waals surface area (Å²) in [5.74, 6) is 0.307. The van der Waals surface area contributed by atoms with Crippen LogP contribution in [0, 0.1) is 0 Å². The van der Waals surface area contributed by atoms with Gasteiger partial charge in [-0.15, -0.1) is 11.3 Å². The molecule has 1 N–H and O–H groups in total. The summed E-state index contributed by atoms with van der Waals surface area (Å²) in [5.41, 5.74) is 0.954. The number of nitrogens with one attached hydrogen (secondary N) is 1. The fourth-order valence-electron chi connectivity index (χ4n) is 2.40. The predicted molar refractivity (Wildman–Crippen MR) is 104 cm³/mol. The van der Waals surface area contributed by atoms with Gasteiger partial charge >= 0.3 is 0 Å². The molecule has 0 fully saturated rings. The van der Waals surface area contributed by atoms with Crippen molar-refractivity contribution >= 4 is 28.8 Å². The summed E-state index contributed by atoms with van der Waals surface area (Å²) in [6, 6.07) is 4.97. The highest BCUT2D eigenvalue weighted by molar-refractivity contribution is 7.11. The Balaban J connectivity index is 2.46. The Morgan fingerprint density at radius 3 is 2.69 bits per heavy atom. The van der Waals surface area contributed by atoms with Crippen LogP contribution in [0.25, 0.3) is 0 Å². The first-order valence-corrected chi connectivity index (χ1v) is 9.01. The topological polar surface area (TPSA) is 71.5 Å². The molecule has 0 saturated heterocycles. The number of thiazole rings is 1. The molecule has 26 heavy (non-hydrogen) atoms. The van der Waals surface area contributed by atoms with E-state index in [9.17, 15) is 9.59 Å². The molecule has 0 saturated carbocycles. The number of hydrogen-bond acceptors (Lipinski definition) is 5. The monoisotopic (exact) mass is 373 g/mol. The van der Waals surface area contributed by atoms with Gasteiger partial charge in [0, 0.05) is 29.6 Å². The normalized spacial score (nSPS) is 10.5. The number of benzene rings is 1. The summed E-state index contributed by atoms with van der Waals surface area (Å²) < 4.78 is 5.40. The first-order valence-electron chi connectivity index (χ1n) is 8.19. The van der Waals surface area contributed by atoms with E-state index in [4.69, 9.17) is 4.74 Å². The lowest BCUT2D eigenvalue weighted by Gasteiger charge is -2.23. The van der Waals surface area contributed by atoms with Crippen LogP contribution in [-0.2, 0) is 11.3 Å². The molecule has 2 amide bonds. The van der Waals surface area contributed by atoms with E-state index in [1.54, 1.807) is 42.8 Å². The molecule has 7 heteroatoms. The highest BCUT2D eigenvalue weighted by Gasteiger charge is 2.21. The van der Waals surface area contributed by atoms with Crippen LogP contribution in [-0.4, -0.2) is 31.0 Å². The number of carbonyl (C=O) groups excluding carboxylic acids is 2. The van der Waals surface area contributed by atoms with Crippen LogP contribution in [0.4, 0.5) is 5.69 Å². The maximum absolute atomic E-state index is 12.5. The SMILES string of the molecule is C=CC(=O)N(Cc1cnc(C(C)C)s1)c1cc(C(=O)NC)ccc1OC. The number of aromatic nitrogens is 1. The minimum Gasteiger partial charge on any atom is -0.495 e. The molecule has 0 bridgehead atoms. The van der Waals surface area contributed by atoms with Crippen molar-refractivity contribution in [2.75, 3.05) is 19.1 Å². The van der Waals surface area contributed by atoms with Crippen LogP contribution in [0.5, 0.6) is 5.75 Å². The minimum atomic E-state index is -0.281. The minimum absolute atomic E-state index is 0.236. The zero-order chi connectivity index (χ0) is 19.3. The van der Waals surface area contributed by atoms with Gasteiger partial charge in [0.25, 0.3) is 11.8 Å². The Bertz CT molecular complexity index is 814. The first-order chi connectivity index (χ1) is 12.4. The second kappa shape index (κ2) is 8.62. The number of hydrogen-bond donors (Lipinski definition) is 1. The summed E-state index contributed by atoms with van der Waals surface area (Å²) in [7, 11) is 3.09. The number of carbonyl (C=O) groups is 2. The number of methoxy groups -OCH3 is 1. The lowest BCUT2D eigenvalue weighted by atomic mass is 10.1. The Morgan fingerprint density at radius 1 is 1.42 bits per heavy atom. The highest BCUT2D eigenvalue weighted by Crippen LogP contribution is 2.32. The standard InChI is InChI=1S/C19H23N3O3S/c1-6-17(23)22(11-14-10-21-19(26-14)12(2)3)15-9-13(18(24)20-4)7-8-16(15)25-5/h6-10,12H,1,11H2,2-5H3,(H,20,24). The summed E-state index contributed by atoms with van der Waals surface area (Å²) >= 11 is 1.56. The zero-order valence-electron chi connectivity index (χ0n) is 15.4. The van der Waals surface area contributed by atoms with Crippen molar-refractivity contribution in [1.29, 1.82) is 0 Å². The fourth-order valence-corrected chi connectivity index (χ4v) is 3.31. The molecule has 0 radical (unpaired) electrons. The average Bonchev–Trinajstić information content (AvgIpc) is 3.13. The maximum atomic E-state index is 12.5. The van der Waals surface area contributed by atoms with E-state index in [1.165, 1.54) is 18.1 Å². The van der Waals surface area contributed by atoms with Crippen molar-refractivity contribution < 1.29 is 14.3 Å². The average molecular weight is 373 g/mol. The van der Waals surface area contributed by atoms with Gasteiger partial charge in [0.1, 0.15) is 5.75 Å². The molecule has 0 atom stereocenters. The molecule has 138 valence electrons. The third-order valence-corrected chi connectivity index (χ3v) is 5.06. The van der Waals surface area contributed by atoms with Crippen molar-refractivity contribution in [2.45, 2.75) is 26.3 Å². The van der Waals surface area contributed by atoms with Gasteiger partial charge in [0.05, 0.1) is 24.3 Å². The van der Waals surface area contributed by atoms with Crippen molar-refractivity contribution in [3.63, 3.8) is 0 Å². The van der Waals surface area contributed by atoms with Crippen molar-refractivity contribution in [2.24, 2.45) is 0 Å². The van der Waals surface area contributed by atoms with E-state index < -0.39 is 0 Å². The Hall–Kier alpha value is -2.67. The van der Waals surface area contributed by atoms with E-state index >= 15 is 0 Å².